The van der Waals surface area contributed by atoms with E-state index in [1.165, 1.54) is 12.1 Å². The minimum atomic E-state index is -4.04. The maximum Gasteiger partial charge on any atom is 0.325 e. The summed E-state index contributed by atoms with van der Waals surface area (Å²) in [5.74, 6) is -2.66. The first-order valence-corrected chi connectivity index (χ1v) is 12.0. The minimum absolute atomic E-state index is 0.0182. The molecule has 6 nitrogen and oxygen atoms in total. The fourth-order valence-corrected chi connectivity index (χ4v) is 6.39. The number of hydrogen-bond donors (Lipinski definition) is 0. The van der Waals surface area contributed by atoms with E-state index in [9.17, 15) is 18.0 Å². The summed E-state index contributed by atoms with van der Waals surface area (Å²) in [6.07, 6.45) is 0. The average molecular weight is 495 g/mol. The van der Waals surface area contributed by atoms with E-state index in [4.69, 9.17) is 9.47 Å². The van der Waals surface area contributed by atoms with E-state index < -0.39 is 38.4 Å². The Hall–Kier alpha value is -2.19. The molecule has 1 fully saturated rings. The fraction of sp³-hybridized carbons (Fsp3) is 0.364. The predicted octanol–water partition coefficient (Wildman–Crippen LogP) is 3.81. The van der Waals surface area contributed by atoms with Crippen molar-refractivity contribution in [2.24, 2.45) is 5.41 Å². The first-order chi connectivity index (χ1) is 14.2. The van der Waals surface area contributed by atoms with Crippen molar-refractivity contribution in [2.45, 2.75) is 36.8 Å². The Balaban J connectivity index is 2.19. The van der Waals surface area contributed by atoms with E-state index in [0.29, 0.717) is 5.56 Å². The summed E-state index contributed by atoms with van der Waals surface area (Å²) < 4.78 is 38.3. The summed E-state index contributed by atoms with van der Waals surface area (Å²) >= 11 is 3.35. The zero-order chi connectivity index (χ0) is 22.1. The van der Waals surface area contributed by atoms with Gasteiger partial charge in [-0.3, -0.25) is 9.59 Å². The molecule has 0 N–H and O–H groups in total. The van der Waals surface area contributed by atoms with Crippen LogP contribution in [0.4, 0.5) is 0 Å². The van der Waals surface area contributed by atoms with Crippen molar-refractivity contribution in [2.75, 3.05) is 13.2 Å². The highest BCUT2D eigenvalue weighted by atomic mass is 79.9. The fourth-order valence-electron chi connectivity index (χ4n) is 3.83. The molecule has 0 aromatic heterocycles. The second-order valence-electron chi connectivity index (χ2n) is 7.12. The molecule has 1 aliphatic rings. The van der Waals surface area contributed by atoms with E-state index in [-0.39, 0.29) is 18.1 Å². The molecule has 0 saturated heterocycles. The van der Waals surface area contributed by atoms with Crippen LogP contribution in [0.15, 0.2) is 57.9 Å². The van der Waals surface area contributed by atoms with Crippen molar-refractivity contribution in [3.05, 3.63) is 64.1 Å². The molecule has 0 radical (unpaired) electrons. The largest absolute Gasteiger partial charge is 0.465 e. The molecule has 2 unspecified atom stereocenters. The molecule has 0 bridgehead atoms. The van der Waals surface area contributed by atoms with Crippen LogP contribution in [-0.2, 0) is 28.9 Å². The van der Waals surface area contributed by atoms with Crippen LogP contribution in [0.5, 0.6) is 0 Å². The van der Waals surface area contributed by atoms with E-state index in [0.717, 1.165) is 10.0 Å². The van der Waals surface area contributed by atoms with Gasteiger partial charge in [-0.15, -0.1) is 0 Å². The monoisotopic (exact) mass is 494 g/mol. The Morgan fingerprint density at radius 2 is 1.43 bits per heavy atom. The Kier molecular flexibility index (Phi) is 6.38. The number of aryl methyl sites for hydroxylation is 1. The summed E-state index contributed by atoms with van der Waals surface area (Å²) in [6.45, 7) is 5.10. The number of esters is 2. The van der Waals surface area contributed by atoms with E-state index in [2.05, 4.69) is 15.9 Å². The summed E-state index contributed by atoms with van der Waals surface area (Å²) in [6, 6.07) is 13.2. The summed E-state index contributed by atoms with van der Waals surface area (Å²) in [5.41, 5.74) is -0.486. The molecule has 0 heterocycles. The summed E-state index contributed by atoms with van der Waals surface area (Å²) in [4.78, 5) is 26.1. The SMILES string of the molecule is CCOC(=O)C1(C(=O)OCC)C(c2ccc(Br)cc2)C1S(=O)(=O)c1ccc(C)cc1. The van der Waals surface area contributed by atoms with Crippen LogP contribution < -0.4 is 0 Å². The lowest BCUT2D eigenvalue weighted by molar-refractivity contribution is -0.164. The molecule has 0 spiro atoms. The van der Waals surface area contributed by atoms with Crippen molar-refractivity contribution >= 4 is 37.7 Å². The van der Waals surface area contributed by atoms with Crippen molar-refractivity contribution in [1.82, 2.24) is 0 Å². The lowest BCUT2D eigenvalue weighted by Gasteiger charge is -2.15. The van der Waals surface area contributed by atoms with Gasteiger partial charge in [0.15, 0.2) is 15.3 Å². The quantitative estimate of drug-likeness (QED) is 0.429. The third-order valence-corrected chi connectivity index (χ3v) is 8.04. The highest BCUT2D eigenvalue weighted by Gasteiger charge is 2.81. The van der Waals surface area contributed by atoms with Crippen LogP contribution in [0.1, 0.15) is 30.9 Å². The number of hydrogen-bond acceptors (Lipinski definition) is 6. The number of ether oxygens (including phenoxy) is 2. The first kappa shape index (κ1) is 22.5. The number of carbonyl (C=O) groups excluding carboxylic acids is 2. The average Bonchev–Trinajstić information content (AvgIpc) is 3.42. The lowest BCUT2D eigenvalue weighted by atomic mass is 9.99. The Labute approximate surface area is 184 Å². The van der Waals surface area contributed by atoms with E-state index >= 15 is 0 Å². The van der Waals surface area contributed by atoms with Crippen molar-refractivity contribution in [1.29, 1.82) is 0 Å². The van der Waals surface area contributed by atoms with Crippen LogP contribution in [0.25, 0.3) is 0 Å². The van der Waals surface area contributed by atoms with E-state index in [1.54, 1.807) is 50.2 Å². The summed E-state index contributed by atoms with van der Waals surface area (Å²) in [7, 11) is -4.04. The number of benzene rings is 2. The number of rotatable bonds is 7. The maximum atomic E-state index is 13.6. The van der Waals surface area contributed by atoms with Crippen molar-refractivity contribution in [3.8, 4) is 0 Å². The highest BCUT2D eigenvalue weighted by Crippen LogP contribution is 2.65. The molecule has 3 rings (SSSR count). The maximum absolute atomic E-state index is 13.6. The molecule has 1 saturated carbocycles. The van der Waals surface area contributed by atoms with Gasteiger partial charge in [0.2, 0.25) is 0 Å². The minimum Gasteiger partial charge on any atom is -0.465 e. The second kappa shape index (κ2) is 8.51. The van der Waals surface area contributed by atoms with Gasteiger partial charge in [-0.25, -0.2) is 8.42 Å². The summed E-state index contributed by atoms with van der Waals surface area (Å²) in [5, 5.41) is -1.31. The molecular formula is C22H23BrO6S. The standard InChI is InChI=1S/C22H23BrO6S/c1-4-28-20(24)22(21(25)29-5-2)18(15-8-10-16(23)11-9-15)19(22)30(26,27)17-12-6-14(3)7-13-17/h6-13,18-19H,4-5H2,1-3H3. The van der Waals surface area contributed by atoms with Gasteiger partial charge in [0, 0.05) is 10.4 Å². The zero-order valence-corrected chi connectivity index (χ0v) is 19.3. The van der Waals surface area contributed by atoms with Crippen molar-refractivity contribution in [3.63, 3.8) is 0 Å². The van der Waals surface area contributed by atoms with Crippen LogP contribution in [0.2, 0.25) is 0 Å². The predicted molar refractivity (Wildman–Crippen MR) is 115 cm³/mol. The molecule has 8 heteroatoms. The molecule has 2 aromatic rings. The van der Waals surface area contributed by atoms with Gasteiger partial charge in [0.1, 0.15) is 5.25 Å². The van der Waals surface area contributed by atoms with Gasteiger partial charge < -0.3 is 9.47 Å². The molecule has 160 valence electrons. The van der Waals surface area contributed by atoms with Crippen molar-refractivity contribution < 1.29 is 27.5 Å². The highest BCUT2D eigenvalue weighted by molar-refractivity contribution is 9.10. The molecule has 2 atom stereocenters. The van der Waals surface area contributed by atoms with Gasteiger partial charge in [-0.2, -0.15) is 0 Å². The molecular weight excluding hydrogens is 472 g/mol. The second-order valence-corrected chi connectivity index (χ2v) is 10.1. The van der Waals surface area contributed by atoms with Crippen LogP contribution in [-0.4, -0.2) is 38.8 Å². The smallest absolute Gasteiger partial charge is 0.325 e. The number of halogens is 1. The topological polar surface area (TPSA) is 86.7 Å². The number of carbonyl (C=O) groups is 2. The van der Waals surface area contributed by atoms with Gasteiger partial charge in [-0.1, -0.05) is 45.8 Å². The molecule has 2 aromatic carbocycles. The van der Waals surface area contributed by atoms with E-state index in [1.807, 2.05) is 6.92 Å². The van der Waals surface area contributed by atoms with Crippen LogP contribution in [0.3, 0.4) is 0 Å². The Morgan fingerprint density at radius 3 is 1.90 bits per heavy atom. The third-order valence-electron chi connectivity index (χ3n) is 5.27. The Bertz CT molecular complexity index is 1030. The van der Waals surface area contributed by atoms with Gasteiger partial charge in [-0.05, 0) is 50.6 Å². The molecule has 0 aliphatic heterocycles. The number of sulfone groups is 1. The molecule has 0 amide bonds. The van der Waals surface area contributed by atoms with Crippen LogP contribution >= 0.6 is 15.9 Å². The van der Waals surface area contributed by atoms with Gasteiger partial charge in [0.25, 0.3) is 0 Å². The molecule has 30 heavy (non-hydrogen) atoms. The van der Waals surface area contributed by atoms with Crippen LogP contribution in [0, 0.1) is 12.3 Å². The van der Waals surface area contributed by atoms with Gasteiger partial charge >= 0.3 is 11.9 Å². The third kappa shape index (κ3) is 3.67. The zero-order valence-electron chi connectivity index (χ0n) is 16.9. The lowest BCUT2D eigenvalue weighted by Crippen LogP contribution is -2.35. The normalized spacial score (nSPS) is 19.7. The Morgan fingerprint density at radius 1 is 0.933 bits per heavy atom. The first-order valence-electron chi connectivity index (χ1n) is 9.61. The molecule has 1 aliphatic carbocycles. The van der Waals surface area contributed by atoms with Gasteiger partial charge in [0.05, 0.1) is 18.1 Å².